The molecule has 0 unspecified atom stereocenters. The molecule has 4 rings (SSSR count). The van der Waals surface area contributed by atoms with Crippen molar-refractivity contribution >= 4 is 29.1 Å². The van der Waals surface area contributed by atoms with Gasteiger partial charge >= 0.3 is 0 Å². The second-order valence-electron chi connectivity index (χ2n) is 6.77. The molecule has 2 heterocycles. The Bertz CT molecular complexity index is 939. The third-order valence-corrected chi connectivity index (χ3v) is 4.80. The summed E-state index contributed by atoms with van der Waals surface area (Å²) in [5.74, 6) is -0.166. The zero-order chi connectivity index (χ0) is 20.2. The van der Waals surface area contributed by atoms with Gasteiger partial charge in [-0.1, -0.05) is 18.2 Å². The molecular weight excluding hydrogens is 374 g/mol. The third-order valence-electron chi connectivity index (χ3n) is 4.80. The quantitative estimate of drug-likeness (QED) is 0.848. The average molecular weight is 395 g/mol. The molecule has 8 heteroatoms. The van der Waals surface area contributed by atoms with Gasteiger partial charge in [-0.15, -0.1) is 0 Å². The Kier molecular flexibility index (Phi) is 5.44. The van der Waals surface area contributed by atoms with Crippen LogP contribution in [0.25, 0.3) is 0 Å². The molecule has 0 spiro atoms. The number of carbonyl (C=O) groups is 3. The smallest absolute Gasteiger partial charge is 0.265 e. The first-order valence-electron chi connectivity index (χ1n) is 9.41. The first-order chi connectivity index (χ1) is 14.1. The van der Waals surface area contributed by atoms with Crippen molar-refractivity contribution in [1.82, 2.24) is 4.90 Å². The van der Waals surface area contributed by atoms with E-state index < -0.39 is 0 Å². The van der Waals surface area contributed by atoms with Crippen LogP contribution < -0.4 is 15.0 Å². The number of hydrogen-bond donors (Lipinski definition) is 1. The molecule has 2 aliphatic heterocycles. The lowest BCUT2D eigenvalue weighted by atomic mass is 10.1. The fourth-order valence-corrected chi connectivity index (χ4v) is 3.35. The molecule has 2 aliphatic rings. The number of hydrogen-bond acceptors (Lipinski definition) is 5. The van der Waals surface area contributed by atoms with E-state index in [2.05, 4.69) is 5.32 Å². The van der Waals surface area contributed by atoms with E-state index in [0.29, 0.717) is 49.0 Å². The van der Waals surface area contributed by atoms with Crippen LogP contribution in [0.1, 0.15) is 10.4 Å². The molecule has 1 saturated heterocycles. The van der Waals surface area contributed by atoms with Crippen LogP contribution in [-0.2, 0) is 14.3 Å². The van der Waals surface area contributed by atoms with Gasteiger partial charge in [0.1, 0.15) is 12.3 Å². The minimum atomic E-state index is -0.356. The lowest BCUT2D eigenvalue weighted by molar-refractivity contribution is -0.123. The van der Waals surface area contributed by atoms with Crippen LogP contribution >= 0.6 is 0 Å². The van der Waals surface area contributed by atoms with Gasteiger partial charge < -0.3 is 19.7 Å². The maximum atomic E-state index is 12.6. The highest BCUT2D eigenvalue weighted by Crippen LogP contribution is 2.31. The average Bonchev–Trinajstić information content (AvgIpc) is 2.76. The number of ether oxygens (including phenoxy) is 2. The summed E-state index contributed by atoms with van der Waals surface area (Å²) >= 11 is 0. The van der Waals surface area contributed by atoms with Crippen molar-refractivity contribution in [2.24, 2.45) is 0 Å². The zero-order valence-corrected chi connectivity index (χ0v) is 15.8. The van der Waals surface area contributed by atoms with Crippen molar-refractivity contribution in [2.45, 2.75) is 0 Å². The first kappa shape index (κ1) is 18.9. The van der Waals surface area contributed by atoms with Crippen LogP contribution in [0.15, 0.2) is 48.5 Å². The zero-order valence-electron chi connectivity index (χ0n) is 15.8. The summed E-state index contributed by atoms with van der Waals surface area (Å²) in [6.07, 6.45) is 0. The van der Waals surface area contributed by atoms with Gasteiger partial charge in [0.25, 0.3) is 11.8 Å². The molecule has 29 heavy (non-hydrogen) atoms. The van der Waals surface area contributed by atoms with Gasteiger partial charge in [-0.3, -0.25) is 19.3 Å². The molecule has 1 fully saturated rings. The molecule has 3 amide bonds. The van der Waals surface area contributed by atoms with Gasteiger partial charge in [0, 0.05) is 24.3 Å². The molecule has 8 nitrogen and oxygen atoms in total. The van der Waals surface area contributed by atoms with Crippen LogP contribution in [0.3, 0.4) is 0 Å². The van der Waals surface area contributed by atoms with Crippen molar-refractivity contribution in [2.75, 3.05) is 49.7 Å². The van der Waals surface area contributed by atoms with Crippen molar-refractivity contribution < 1.29 is 23.9 Å². The van der Waals surface area contributed by atoms with E-state index in [1.165, 1.54) is 4.90 Å². The second kappa shape index (κ2) is 8.32. The molecule has 0 bridgehead atoms. The number of anilines is 2. The minimum absolute atomic E-state index is 0.0957. The van der Waals surface area contributed by atoms with Gasteiger partial charge in [-0.25, -0.2) is 0 Å². The van der Waals surface area contributed by atoms with Gasteiger partial charge in [0.05, 0.1) is 18.9 Å². The SMILES string of the molecule is O=C(CN1C(=O)COc2ccccc21)Nc1cccc(C(=O)N2CCOCC2)c1. The van der Waals surface area contributed by atoms with Crippen LogP contribution in [0.2, 0.25) is 0 Å². The summed E-state index contributed by atoms with van der Waals surface area (Å²) < 4.78 is 10.7. The molecular formula is C21H21N3O5. The summed E-state index contributed by atoms with van der Waals surface area (Å²) in [5, 5.41) is 2.77. The largest absolute Gasteiger partial charge is 0.482 e. The van der Waals surface area contributed by atoms with Gasteiger partial charge in [0.15, 0.2) is 6.61 Å². The van der Waals surface area contributed by atoms with E-state index in [1.54, 1.807) is 47.4 Å². The molecule has 0 atom stereocenters. The van der Waals surface area contributed by atoms with E-state index in [-0.39, 0.29) is 30.9 Å². The third kappa shape index (κ3) is 4.22. The molecule has 150 valence electrons. The maximum absolute atomic E-state index is 12.6. The van der Waals surface area contributed by atoms with Crippen molar-refractivity contribution in [1.29, 1.82) is 0 Å². The molecule has 1 N–H and O–H groups in total. The number of para-hydroxylation sites is 2. The highest BCUT2D eigenvalue weighted by molar-refractivity contribution is 6.05. The number of carbonyl (C=O) groups excluding carboxylic acids is 3. The predicted molar refractivity (Wildman–Crippen MR) is 106 cm³/mol. The summed E-state index contributed by atoms with van der Waals surface area (Å²) in [5.41, 5.74) is 1.57. The van der Waals surface area contributed by atoms with E-state index >= 15 is 0 Å². The highest BCUT2D eigenvalue weighted by Gasteiger charge is 2.27. The molecule has 0 saturated carbocycles. The van der Waals surface area contributed by atoms with Crippen molar-refractivity contribution in [3.8, 4) is 5.75 Å². The number of morpholine rings is 1. The van der Waals surface area contributed by atoms with Crippen LogP contribution in [0, 0.1) is 0 Å². The summed E-state index contributed by atoms with van der Waals surface area (Å²) in [7, 11) is 0. The number of nitrogens with zero attached hydrogens (tertiary/aromatic N) is 2. The Hall–Kier alpha value is -3.39. The Morgan fingerprint density at radius 2 is 1.83 bits per heavy atom. The Morgan fingerprint density at radius 1 is 1.03 bits per heavy atom. The van der Waals surface area contributed by atoms with Crippen LogP contribution in [0.5, 0.6) is 5.75 Å². The molecule has 0 radical (unpaired) electrons. The Labute approximate surface area is 168 Å². The number of nitrogens with one attached hydrogen (secondary N) is 1. The lowest BCUT2D eigenvalue weighted by Gasteiger charge is -2.28. The van der Waals surface area contributed by atoms with Crippen LogP contribution in [0.4, 0.5) is 11.4 Å². The number of benzene rings is 2. The standard InChI is InChI=1S/C21H21N3O5/c25-19(13-24-17-6-1-2-7-18(17)29-14-20(24)26)22-16-5-3-4-15(12-16)21(27)23-8-10-28-11-9-23/h1-7,12H,8-11,13-14H2,(H,22,25). The fourth-order valence-electron chi connectivity index (χ4n) is 3.35. The molecule has 0 aliphatic carbocycles. The van der Waals surface area contributed by atoms with Gasteiger partial charge in [-0.05, 0) is 30.3 Å². The molecule has 0 aromatic heterocycles. The predicted octanol–water partition coefficient (Wildman–Crippen LogP) is 1.52. The summed E-state index contributed by atoms with van der Waals surface area (Å²) in [4.78, 5) is 40.5. The Balaban J connectivity index is 1.44. The second-order valence-corrected chi connectivity index (χ2v) is 6.77. The Morgan fingerprint density at radius 3 is 2.66 bits per heavy atom. The maximum Gasteiger partial charge on any atom is 0.265 e. The van der Waals surface area contributed by atoms with Crippen molar-refractivity contribution in [3.63, 3.8) is 0 Å². The van der Waals surface area contributed by atoms with Crippen molar-refractivity contribution in [3.05, 3.63) is 54.1 Å². The van der Waals surface area contributed by atoms with Gasteiger partial charge in [0.2, 0.25) is 5.91 Å². The summed E-state index contributed by atoms with van der Waals surface area (Å²) in [6.45, 7) is 1.91. The number of amides is 3. The van der Waals surface area contributed by atoms with Gasteiger partial charge in [-0.2, -0.15) is 0 Å². The van der Waals surface area contributed by atoms with E-state index in [4.69, 9.17) is 9.47 Å². The highest BCUT2D eigenvalue weighted by atomic mass is 16.5. The molecule has 2 aromatic rings. The fraction of sp³-hybridized carbons (Fsp3) is 0.286. The van der Waals surface area contributed by atoms with Crippen LogP contribution in [-0.4, -0.2) is 62.1 Å². The minimum Gasteiger partial charge on any atom is -0.482 e. The van der Waals surface area contributed by atoms with E-state index in [1.807, 2.05) is 6.07 Å². The van der Waals surface area contributed by atoms with E-state index in [0.717, 1.165) is 0 Å². The lowest BCUT2D eigenvalue weighted by Crippen LogP contribution is -2.43. The monoisotopic (exact) mass is 395 g/mol. The molecule has 2 aromatic carbocycles. The first-order valence-corrected chi connectivity index (χ1v) is 9.41. The number of fused-ring (bicyclic) bond motifs is 1. The van der Waals surface area contributed by atoms with E-state index in [9.17, 15) is 14.4 Å². The summed E-state index contributed by atoms with van der Waals surface area (Å²) in [6, 6.07) is 13.9. The topological polar surface area (TPSA) is 88.2 Å². The number of rotatable bonds is 4. The normalized spacial score (nSPS) is 16.1.